The van der Waals surface area contributed by atoms with Crippen LogP contribution in [-0.4, -0.2) is 42.4 Å². The third-order valence-corrected chi connectivity index (χ3v) is 3.53. The Morgan fingerprint density at radius 2 is 2.15 bits per heavy atom. The van der Waals surface area contributed by atoms with Gasteiger partial charge in [0.2, 0.25) is 11.8 Å². The Labute approximate surface area is 123 Å². The molecular weight excluding hydrogens is 278 g/mol. The molecule has 5 nitrogen and oxygen atoms in total. The van der Waals surface area contributed by atoms with Crippen molar-refractivity contribution in [3.8, 4) is 0 Å². The molecule has 1 aromatic rings. The van der Waals surface area contributed by atoms with Crippen LogP contribution in [0.1, 0.15) is 13.3 Å². The molecule has 108 valence electrons. The summed E-state index contributed by atoms with van der Waals surface area (Å²) in [6.45, 7) is 4.03. The lowest BCUT2D eigenvalue weighted by Gasteiger charge is -2.32. The first-order chi connectivity index (χ1) is 9.60. The van der Waals surface area contributed by atoms with E-state index in [1.165, 1.54) is 0 Å². The van der Waals surface area contributed by atoms with Crippen LogP contribution in [0, 0.1) is 0 Å². The van der Waals surface area contributed by atoms with Crippen LogP contribution >= 0.6 is 11.6 Å². The van der Waals surface area contributed by atoms with Crippen molar-refractivity contribution < 1.29 is 9.59 Å². The highest BCUT2D eigenvalue weighted by Gasteiger charge is 2.28. The fourth-order valence-corrected chi connectivity index (χ4v) is 2.32. The van der Waals surface area contributed by atoms with Gasteiger partial charge in [0.25, 0.3) is 0 Å². The van der Waals surface area contributed by atoms with Crippen LogP contribution in [0.2, 0.25) is 5.02 Å². The number of hydrogen-bond acceptors (Lipinski definition) is 3. The minimum atomic E-state index is -0.434. The van der Waals surface area contributed by atoms with Crippen molar-refractivity contribution in [2.75, 3.05) is 25.0 Å². The van der Waals surface area contributed by atoms with Gasteiger partial charge in [0, 0.05) is 30.3 Å². The number of halogens is 1. The number of carbonyl (C=O) groups excluding carboxylic acids is 2. The Balaban J connectivity index is 1.90. The average Bonchev–Trinajstić information content (AvgIpc) is 2.44. The van der Waals surface area contributed by atoms with Crippen LogP contribution in [0.3, 0.4) is 0 Å². The number of benzene rings is 1. The minimum Gasteiger partial charge on any atom is -0.340 e. The number of carbonyl (C=O) groups is 2. The Kier molecular flexibility index (Phi) is 4.98. The molecular formula is C14H18ClN3O2. The zero-order valence-corrected chi connectivity index (χ0v) is 12.1. The maximum Gasteiger partial charge on any atom is 0.240 e. The molecule has 2 N–H and O–H groups in total. The number of nitrogens with one attached hydrogen (secondary N) is 2. The number of likely N-dealkylation sites (N-methyl/N-ethyl adjacent to an activating group) is 1. The second-order valence-electron chi connectivity index (χ2n) is 4.68. The molecule has 6 heteroatoms. The third kappa shape index (κ3) is 3.71. The molecule has 2 amide bonds. The molecule has 1 aliphatic heterocycles. The SMILES string of the molecule is CCN1CCNC(CC(=O)Nc2ccc(Cl)cc2)C1=O. The van der Waals surface area contributed by atoms with E-state index in [0.717, 1.165) is 6.54 Å². The van der Waals surface area contributed by atoms with Gasteiger partial charge in [0.05, 0.1) is 12.5 Å². The van der Waals surface area contributed by atoms with Crippen LogP contribution in [0.4, 0.5) is 5.69 Å². The van der Waals surface area contributed by atoms with Crippen molar-refractivity contribution in [2.45, 2.75) is 19.4 Å². The molecule has 0 bridgehead atoms. The number of rotatable bonds is 4. The van der Waals surface area contributed by atoms with Crippen LogP contribution in [0.5, 0.6) is 0 Å². The van der Waals surface area contributed by atoms with Gasteiger partial charge in [-0.15, -0.1) is 0 Å². The quantitative estimate of drug-likeness (QED) is 0.885. The number of nitrogens with zero attached hydrogens (tertiary/aromatic N) is 1. The first-order valence-corrected chi connectivity index (χ1v) is 7.05. The van der Waals surface area contributed by atoms with Crippen molar-refractivity contribution in [1.29, 1.82) is 0 Å². The molecule has 2 rings (SSSR count). The summed E-state index contributed by atoms with van der Waals surface area (Å²) in [5.41, 5.74) is 0.676. The van der Waals surface area contributed by atoms with Gasteiger partial charge in [0.1, 0.15) is 0 Å². The van der Waals surface area contributed by atoms with Gasteiger partial charge in [-0.2, -0.15) is 0 Å². The standard InChI is InChI=1S/C14H18ClN3O2/c1-2-18-8-7-16-12(14(18)20)9-13(19)17-11-5-3-10(15)4-6-11/h3-6,12,16H,2,7-9H2,1H3,(H,17,19). The summed E-state index contributed by atoms with van der Waals surface area (Å²) in [5.74, 6) is -0.193. The highest BCUT2D eigenvalue weighted by Crippen LogP contribution is 2.14. The van der Waals surface area contributed by atoms with E-state index in [0.29, 0.717) is 23.8 Å². The third-order valence-electron chi connectivity index (χ3n) is 3.28. The van der Waals surface area contributed by atoms with Crippen LogP contribution < -0.4 is 10.6 Å². The lowest BCUT2D eigenvalue weighted by Crippen LogP contribution is -2.55. The molecule has 1 heterocycles. The van der Waals surface area contributed by atoms with E-state index in [1.807, 2.05) is 6.92 Å². The maximum absolute atomic E-state index is 12.1. The molecule has 0 aromatic heterocycles. The van der Waals surface area contributed by atoms with Gasteiger partial charge < -0.3 is 15.5 Å². The van der Waals surface area contributed by atoms with Gasteiger partial charge in [-0.3, -0.25) is 9.59 Å². The maximum atomic E-state index is 12.1. The lowest BCUT2D eigenvalue weighted by atomic mass is 10.1. The summed E-state index contributed by atoms with van der Waals surface area (Å²) in [5, 5.41) is 6.46. The van der Waals surface area contributed by atoms with E-state index >= 15 is 0 Å². The smallest absolute Gasteiger partial charge is 0.240 e. The summed E-state index contributed by atoms with van der Waals surface area (Å²) in [7, 11) is 0. The zero-order valence-electron chi connectivity index (χ0n) is 11.4. The second kappa shape index (κ2) is 6.72. The van der Waals surface area contributed by atoms with Crippen molar-refractivity contribution >= 4 is 29.1 Å². The summed E-state index contributed by atoms with van der Waals surface area (Å²) >= 11 is 5.78. The lowest BCUT2D eigenvalue weighted by molar-refractivity contribution is -0.137. The molecule has 1 aromatic carbocycles. The molecule has 1 unspecified atom stereocenters. The molecule has 1 saturated heterocycles. The van der Waals surface area contributed by atoms with E-state index in [4.69, 9.17) is 11.6 Å². The van der Waals surface area contributed by atoms with Gasteiger partial charge in [0.15, 0.2) is 0 Å². The largest absolute Gasteiger partial charge is 0.340 e. The average molecular weight is 296 g/mol. The Morgan fingerprint density at radius 1 is 1.45 bits per heavy atom. The Bertz CT molecular complexity index is 490. The first-order valence-electron chi connectivity index (χ1n) is 6.67. The zero-order chi connectivity index (χ0) is 14.5. The van der Waals surface area contributed by atoms with Crippen molar-refractivity contribution in [3.63, 3.8) is 0 Å². The molecule has 0 spiro atoms. The Hall–Kier alpha value is -1.59. The fourth-order valence-electron chi connectivity index (χ4n) is 2.20. The van der Waals surface area contributed by atoms with Crippen LogP contribution in [-0.2, 0) is 9.59 Å². The molecule has 0 radical (unpaired) electrons. The molecule has 0 aliphatic carbocycles. The number of anilines is 1. The number of hydrogen-bond donors (Lipinski definition) is 2. The van der Waals surface area contributed by atoms with Gasteiger partial charge in [-0.1, -0.05) is 11.6 Å². The fraction of sp³-hybridized carbons (Fsp3) is 0.429. The normalized spacial score (nSPS) is 19.0. The monoisotopic (exact) mass is 295 g/mol. The van der Waals surface area contributed by atoms with E-state index in [9.17, 15) is 9.59 Å². The summed E-state index contributed by atoms with van der Waals surface area (Å²) in [6.07, 6.45) is 0.137. The predicted octanol–water partition coefficient (Wildman–Crippen LogP) is 1.49. The number of amides is 2. The van der Waals surface area contributed by atoms with Crippen molar-refractivity contribution in [3.05, 3.63) is 29.3 Å². The predicted molar refractivity (Wildman–Crippen MR) is 78.7 cm³/mol. The van der Waals surface area contributed by atoms with Crippen molar-refractivity contribution in [1.82, 2.24) is 10.2 Å². The topological polar surface area (TPSA) is 61.4 Å². The van der Waals surface area contributed by atoms with Crippen molar-refractivity contribution in [2.24, 2.45) is 0 Å². The second-order valence-corrected chi connectivity index (χ2v) is 5.12. The Morgan fingerprint density at radius 3 is 2.80 bits per heavy atom. The van der Waals surface area contributed by atoms with Gasteiger partial charge in [-0.05, 0) is 31.2 Å². The number of piperazine rings is 1. The molecule has 0 saturated carbocycles. The molecule has 1 atom stereocenters. The molecule has 1 fully saturated rings. The van der Waals surface area contributed by atoms with Gasteiger partial charge >= 0.3 is 0 Å². The first kappa shape index (κ1) is 14.8. The molecule has 1 aliphatic rings. The highest BCUT2D eigenvalue weighted by atomic mass is 35.5. The minimum absolute atomic E-state index is 0.00925. The van der Waals surface area contributed by atoms with E-state index in [1.54, 1.807) is 29.2 Å². The van der Waals surface area contributed by atoms with E-state index < -0.39 is 6.04 Å². The summed E-state index contributed by atoms with van der Waals surface area (Å²) in [6, 6.07) is 6.44. The summed E-state index contributed by atoms with van der Waals surface area (Å²) in [4.78, 5) is 25.8. The summed E-state index contributed by atoms with van der Waals surface area (Å²) < 4.78 is 0. The van der Waals surface area contributed by atoms with Crippen LogP contribution in [0.25, 0.3) is 0 Å². The molecule has 20 heavy (non-hydrogen) atoms. The van der Waals surface area contributed by atoms with E-state index in [2.05, 4.69) is 10.6 Å². The van der Waals surface area contributed by atoms with Gasteiger partial charge in [-0.25, -0.2) is 0 Å². The van der Waals surface area contributed by atoms with Crippen LogP contribution in [0.15, 0.2) is 24.3 Å². The van der Waals surface area contributed by atoms with E-state index in [-0.39, 0.29) is 18.2 Å². The highest BCUT2D eigenvalue weighted by molar-refractivity contribution is 6.30.